The number of nitrogens with zero attached hydrogens (tertiary/aromatic N) is 1. The van der Waals surface area contributed by atoms with Gasteiger partial charge in [0.05, 0.1) is 6.10 Å². The summed E-state index contributed by atoms with van der Waals surface area (Å²) < 4.78 is 0. The Hall–Kier alpha value is -1.55. The first kappa shape index (κ1) is 11.5. The number of carbonyl (C=O) groups is 1. The van der Waals surface area contributed by atoms with E-state index >= 15 is 0 Å². The maximum absolute atomic E-state index is 10.9. The Bertz CT molecular complexity index is 350. The van der Waals surface area contributed by atoms with Gasteiger partial charge in [-0.3, -0.25) is 4.90 Å². The van der Waals surface area contributed by atoms with Crippen molar-refractivity contribution in [2.75, 3.05) is 11.9 Å². The lowest BCUT2D eigenvalue weighted by Gasteiger charge is -2.15. The average Bonchev–Trinajstić information content (AvgIpc) is 2.16. The molecule has 0 aliphatic rings. The van der Waals surface area contributed by atoms with Crippen LogP contribution in [-0.4, -0.2) is 24.3 Å². The van der Waals surface area contributed by atoms with E-state index in [9.17, 15) is 9.90 Å². The summed E-state index contributed by atoms with van der Waals surface area (Å²) in [6.45, 7) is 1.73. The third-order valence-electron chi connectivity index (χ3n) is 2.16. The lowest BCUT2D eigenvalue weighted by atomic mass is 10.1. The van der Waals surface area contributed by atoms with Gasteiger partial charge in [-0.25, -0.2) is 4.79 Å². The van der Waals surface area contributed by atoms with E-state index in [2.05, 4.69) is 0 Å². The summed E-state index contributed by atoms with van der Waals surface area (Å²) in [5.74, 6) is 0. The van der Waals surface area contributed by atoms with Gasteiger partial charge in [-0.2, -0.15) is 0 Å². The Morgan fingerprint density at radius 1 is 1.60 bits per heavy atom. The van der Waals surface area contributed by atoms with Crippen LogP contribution in [0.5, 0.6) is 0 Å². The molecule has 0 aliphatic carbocycles. The predicted octanol–water partition coefficient (Wildman–Crippen LogP) is 1.12. The first-order valence-electron chi connectivity index (χ1n) is 4.81. The zero-order chi connectivity index (χ0) is 11.4. The van der Waals surface area contributed by atoms with Crippen LogP contribution in [-0.2, 0) is 6.42 Å². The molecule has 1 atom stereocenters. The third-order valence-corrected chi connectivity index (χ3v) is 2.16. The molecule has 1 unspecified atom stereocenters. The molecule has 0 radical (unpaired) electrons. The second-order valence-electron chi connectivity index (χ2n) is 3.62. The van der Waals surface area contributed by atoms with Crippen LogP contribution in [0.25, 0.3) is 0 Å². The molecule has 4 heteroatoms. The Kier molecular flexibility index (Phi) is 3.68. The third kappa shape index (κ3) is 3.25. The summed E-state index contributed by atoms with van der Waals surface area (Å²) in [4.78, 5) is 12.3. The quantitative estimate of drug-likeness (QED) is 0.781. The van der Waals surface area contributed by atoms with Gasteiger partial charge in [0.15, 0.2) is 0 Å². The monoisotopic (exact) mass is 208 g/mol. The topological polar surface area (TPSA) is 66.6 Å². The van der Waals surface area contributed by atoms with Gasteiger partial charge in [-0.1, -0.05) is 12.1 Å². The number of hydrogen-bond donors (Lipinski definition) is 2. The van der Waals surface area contributed by atoms with Crippen LogP contribution in [0.2, 0.25) is 0 Å². The van der Waals surface area contributed by atoms with Crippen molar-refractivity contribution in [2.45, 2.75) is 19.4 Å². The van der Waals surface area contributed by atoms with Gasteiger partial charge in [0, 0.05) is 12.7 Å². The number of anilines is 1. The molecular weight excluding hydrogens is 192 g/mol. The van der Waals surface area contributed by atoms with Crippen molar-refractivity contribution in [2.24, 2.45) is 5.73 Å². The van der Waals surface area contributed by atoms with Gasteiger partial charge in [0.25, 0.3) is 0 Å². The van der Waals surface area contributed by atoms with E-state index in [0.717, 1.165) is 11.3 Å². The van der Waals surface area contributed by atoms with Crippen molar-refractivity contribution >= 4 is 11.7 Å². The summed E-state index contributed by atoms with van der Waals surface area (Å²) in [5, 5.41) is 9.24. The molecule has 0 bridgehead atoms. The van der Waals surface area contributed by atoms with E-state index in [-0.39, 0.29) is 6.10 Å². The van der Waals surface area contributed by atoms with E-state index in [4.69, 9.17) is 5.73 Å². The fourth-order valence-corrected chi connectivity index (χ4v) is 1.36. The first-order chi connectivity index (χ1) is 7.00. The van der Waals surface area contributed by atoms with Gasteiger partial charge in [0.2, 0.25) is 0 Å². The highest BCUT2D eigenvalue weighted by Crippen LogP contribution is 2.15. The number of nitrogens with two attached hydrogens (primary N) is 1. The molecule has 0 fully saturated rings. The zero-order valence-corrected chi connectivity index (χ0v) is 8.97. The lowest BCUT2D eigenvalue weighted by Crippen LogP contribution is -2.31. The highest BCUT2D eigenvalue weighted by Gasteiger charge is 2.07. The van der Waals surface area contributed by atoms with Crippen LogP contribution in [0, 0.1) is 0 Å². The maximum Gasteiger partial charge on any atom is 0.318 e. The molecule has 3 N–H and O–H groups in total. The largest absolute Gasteiger partial charge is 0.393 e. The number of amides is 2. The Morgan fingerprint density at radius 2 is 2.27 bits per heavy atom. The molecule has 0 saturated heterocycles. The average molecular weight is 208 g/mol. The van der Waals surface area contributed by atoms with Crippen LogP contribution < -0.4 is 10.6 Å². The Labute approximate surface area is 89.3 Å². The number of urea groups is 1. The SMILES string of the molecule is CC(O)Cc1cccc(N(C)C(N)=O)c1. The molecule has 0 spiro atoms. The van der Waals surface area contributed by atoms with Crippen molar-refractivity contribution in [1.82, 2.24) is 0 Å². The molecule has 0 aliphatic heterocycles. The van der Waals surface area contributed by atoms with Gasteiger partial charge in [-0.15, -0.1) is 0 Å². The summed E-state index contributed by atoms with van der Waals surface area (Å²) in [7, 11) is 1.61. The van der Waals surface area contributed by atoms with Crippen LogP contribution in [0.15, 0.2) is 24.3 Å². The van der Waals surface area contributed by atoms with Gasteiger partial charge in [-0.05, 0) is 31.0 Å². The molecule has 0 saturated carbocycles. The van der Waals surface area contributed by atoms with E-state index in [1.807, 2.05) is 18.2 Å². The minimum absolute atomic E-state index is 0.390. The van der Waals surface area contributed by atoms with Crippen molar-refractivity contribution in [3.05, 3.63) is 29.8 Å². The fourth-order valence-electron chi connectivity index (χ4n) is 1.36. The molecule has 15 heavy (non-hydrogen) atoms. The molecular formula is C11H16N2O2. The molecule has 1 rings (SSSR count). The number of benzene rings is 1. The Balaban J connectivity index is 2.87. The van der Waals surface area contributed by atoms with E-state index < -0.39 is 6.03 Å². The van der Waals surface area contributed by atoms with Crippen LogP contribution in [0.1, 0.15) is 12.5 Å². The number of aliphatic hydroxyl groups excluding tert-OH is 1. The maximum atomic E-state index is 10.9. The second kappa shape index (κ2) is 4.79. The van der Waals surface area contributed by atoms with Crippen LogP contribution in [0.3, 0.4) is 0 Å². The normalized spacial score (nSPS) is 12.2. The van der Waals surface area contributed by atoms with Gasteiger partial charge < -0.3 is 10.8 Å². The summed E-state index contributed by atoms with van der Waals surface area (Å²) >= 11 is 0. The molecule has 1 aromatic carbocycles. The molecule has 0 aromatic heterocycles. The van der Waals surface area contributed by atoms with Crippen LogP contribution in [0.4, 0.5) is 10.5 Å². The number of primary amides is 1. The minimum Gasteiger partial charge on any atom is -0.393 e. The van der Waals surface area contributed by atoms with Crippen molar-refractivity contribution in [3.8, 4) is 0 Å². The summed E-state index contributed by atoms with van der Waals surface area (Å²) in [6, 6.07) is 6.90. The number of rotatable bonds is 3. The highest BCUT2D eigenvalue weighted by molar-refractivity contribution is 5.90. The van der Waals surface area contributed by atoms with E-state index in [0.29, 0.717) is 6.42 Å². The van der Waals surface area contributed by atoms with E-state index in [1.54, 1.807) is 20.0 Å². The second-order valence-corrected chi connectivity index (χ2v) is 3.62. The van der Waals surface area contributed by atoms with Crippen molar-refractivity contribution in [1.29, 1.82) is 0 Å². The summed E-state index contributed by atoms with van der Waals surface area (Å²) in [6.07, 6.45) is 0.180. The fraction of sp³-hybridized carbons (Fsp3) is 0.364. The molecule has 0 heterocycles. The lowest BCUT2D eigenvalue weighted by molar-refractivity contribution is 0.195. The molecule has 82 valence electrons. The van der Waals surface area contributed by atoms with Crippen molar-refractivity contribution in [3.63, 3.8) is 0 Å². The number of carbonyl (C=O) groups excluding carboxylic acids is 1. The highest BCUT2D eigenvalue weighted by atomic mass is 16.3. The number of aliphatic hydroxyl groups is 1. The van der Waals surface area contributed by atoms with Crippen molar-refractivity contribution < 1.29 is 9.90 Å². The number of hydrogen-bond acceptors (Lipinski definition) is 2. The van der Waals surface area contributed by atoms with Gasteiger partial charge in [0.1, 0.15) is 0 Å². The standard InChI is InChI=1S/C11H16N2O2/c1-8(14)6-9-4-3-5-10(7-9)13(2)11(12)15/h3-5,7-8,14H,6H2,1-2H3,(H2,12,15). The first-order valence-corrected chi connectivity index (χ1v) is 4.81. The smallest absolute Gasteiger partial charge is 0.318 e. The molecule has 2 amide bonds. The minimum atomic E-state index is -0.496. The molecule has 1 aromatic rings. The Morgan fingerprint density at radius 3 is 2.80 bits per heavy atom. The van der Waals surface area contributed by atoms with E-state index in [1.165, 1.54) is 4.90 Å². The predicted molar refractivity (Wildman–Crippen MR) is 59.8 cm³/mol. The molecule has 4 nitrogen and oxygen atoms in total. The van der Waals surface area contributed by atoms with Crippen LogP contribution >= 0.6 is 0 Å². The summed E-state index contributed by atoms with van der Waals surface area (Å²) in [5.41, 5.74) is 6.88. The van der Waals surface area contributed by atoms with Gasteiger partial charge >= 0.3 is 6.03 Å². The zero-order valence-electron chi connectivity index (χ0n) is 8.97.